The highest BCUT2D eigenvalue weighted by Gasteiger charge is 2.08. The lowest BCUT2D eigenvalue weighted by Gasteiger charge is -2.04. The monoisotopic (exact) mass is 461 g/mol. The van der Waals surface area contributed by atoms with E-state index in [9.17, 15) is 4.79 Å². The molecule has 0 saturated heterocycles. The van der Waals surface area contributed by atoms with Gasteiger partial charge in [-0.25, -0.2) is 4.98 Å². The molecule has 160 valence electrons. The third-order valence-electron chi connectivity index (χ3n) is 4.43. The molecule has 2 aromatic heterocycles. The summed E-state index contributed by atoms with van der Waals surface area (Å²) in [6.07, 6.45) is 2.96. The lowest BCUT2D eigenvalue weighted by molar-refractivity contribution is -0.115. The summed E-state index contributed by atoms with van der Waals surface area (Å²) in [5.74, 6) is 1.72. The lowest BCUT2D eigenvalue weighted by atomic mass is 10.2. The highest BCUT2D eigenvalue weighted by atomic mass is 32.1. The van der Waals surface area contributed by atoms with Gasteiger partial charge in [0.15, 0.2) is 10.2 Å². The number of thiocarbonyl (C=S) groups is 1. The molecular formula is C24H19N3O3S2. The summed E-state index contributed by atoms with van der Waals surface area (Å²) in [4.78, 5) is 16.7. The molecule has 0 radical (unpaired) electrons. The Bertz CT molecular complexity index is 1250. The van der Waals surface area contributed by atoms with Crippen molar-refractivity contribution in [3.8, 4) is 28.3 Å². The molecule has 2 heterocycles. The minimum Gasteiger partial charge on any atom is -0.497 e. The van der Waals surface area contributed by atoms with Crippen LogP contribution in [0.25, 0.3) is 28.7 Å². The van der Waals surface area contributed by atoms with Crippen molar-refractivity contribution in [2.24, 2.45) is 0 Å². The summed E-state index contributed by atoms with van der Waals surface area (Å²) in [6, 6.07) is 21.0. The minimum atomic E-state index is -0.368. The topological polar surface area (TPSA) is 76.4 Å². The van der Waals surface area contributed by atoms with Crippen LogP contribution < -0.4 is 15.4 Å². The molecule has 0 fully saturated rings. The van der Waals surface area contributed by atoms with E-state index in [4.69, 9.17) is 21.4 Å². The average Bonchev–Trinajstić information content (AvgIpc) is 3.48. The Balaban J connectivity index is 1.31. The number of anilines is 1. The van der Waals surface area contributed by atoms with Gasteiger partial charge in [-0.1, -0.05) is 30.3 Å². The quantitative estimate of drug-likeness (QED) is 0.287. The van der Waals surface area contributed by atoms with Crippen LogP contribution in [0, 0.1) is 0 Å². The molecule has 0 unspecified atom stereocenters. The number of hydrogen-bond donors (Lipinski definition) is 2. The van der Waals surface area contributed by atoms with Crippen LogP contribution in [0.5, 0.6) is 5.75 Å². The Labute approximate surface area is 194 Å². The third kappa shape index (κ3) is 5.48. The van der Waals surface area contributed by atoms with Crippen molar-refractivity contribution in [3.05, 3.63) is 83.9 Å². The number of nitrogens with one attached hydrogen (secondary N) is 2. The lowest BCUT2D eigenvalue weighted by Crippen LogP contribution is -2.32. The van der Waals surface area contributed by atoms with Gasteiger partial charge < -0.3 is 14.5 Å². The number of methoxy groups -OCH3 is 1. The number of carbonyl (C=O) groups is 1. The van der Waals surface area contributed by atoms with Crippen molar-refractivity contribution in [2.45, 2.75) is 0 Å². The van der Waals surface area contributed by atoms with Crippen LogP contribution in [0.1, 0.15) is 5.76 Å². The van der Waals surface area contributed by atoms with E-state index in [1.807, 2.05) is 66.0 Å². The Kier molecular flexibility index (Phi) is 6.74. The fraction of sp³-hybridized carbons (Fsp3) is 0.0417. The molecule has 0 bridgehead atoms. The van der Waals surface area contributed by atoms with Gasteiger partial charge in [-0.2, -0.15) is 0 Å². The Morgan fingerprint density at radius 2 is 1.84 bits per heavy atom. The summed E-state index contributed by atoms with van der Waals surface area (Å²) in [7, 11) is 1.63. The van der Waals surface area contributed by atoms with E-state index in [1.54, 1.807) is 19.3 Å². The number of rotatable bonds is 6. The fourth-order valence-electron chi connectivity index (χ4n) is 2.87. The van der Waals surface area contributed by atoms with Crippen LogP contribution in [-0.4, -0.2) is 23.1 Å². The first-order chi connectivity index (χ1) is 15.6. The van der Waals surface area contributed by atoms with Crippen molar-refractivity contribution in [1.82, 2.24) is 10.3 Å². The maximum atomic E-state index is 12.2. The number of thiazole rings is 1. The van der Waals surface area contributed by atoms with E-state index in [2.05, 4.69) is 15.6 Å². The van der Waals surface area contributed by atoms with Crippen LogP contribution >= 0.6 is 23.6 Å². The van der Waals surface area contributed by atoms with E-state index < -0.39 is 0 Å². The van der Waals surface area contributed by atoms with Crippen LogP contribution in [0.4, 0.5) is 5.13 Å². The van der Waals surface area contributed by atoms with Gasteiger partial charge in [0, 0.05) is 22.6 Å². The van der Waals surface area contributed by atoms with Gasteiger partial charge in [-0.05, 0) is 54.7 Å². The predicted molar refractivity (Wildman–Crippen MR) is 132 cm³/mol. The number of nitrogens with zero attached hydrogens (tertiary/aromatic N) is 1. The summed E-state index contributed by atoms with van der Waals surface area (Å²) in [5.41, 5.74) is 2.74. The molecule has 8 heteroatoms. The first-order valence-electron chi connectivity index (χ1n) is 9.66. The second-order valence-corrected chi connectivity index (χ2v) is 7.88. The Morgan fingerprint density at radius 1 is 1.06 bits per heavy atom. The molecule has 0 atom stereocenters. The van der Waals surface area contributed by atoms with Crippen LogP contribution in [0.2, 0.25) is 0 Å². The standard InChI is InChI=1S/C24H19N3O3S2/c1-29-18-9-7-16(8-10-18)20-15-32-24(25-20)27-23(31)26-22(28)14-12-19-11-13-21(30-19)17-5-3-2-4-6-17/h2-15H,1H3,(H2,25,26,27,28,31)/b14-12+. The van der Waals surface area contributed by atoms with E-state index in [0.717, 1.165) is 28.3 Å². The van der Waals surface area contributed by atoms with Gasteiger partial charge in [0.1, 0.15) is 17.3 Å². The van der Waals surface area contributed by atoms with E-state index >= 15 is 0 Å². The normalized spacial score (nSPS) is 10.8. The van der Waals surface area contributed by atoms with Gasteiger partial charge in [0.25, 0.3) is 0 Å². The molecule has 0 aliphatic carbocycles. The number of ether oxygens (including phenoxy) is 1. The van der Waals surface area contributed by atoms with Gasteiger partial charge in [0.05, 0.1) is 12.8 Å². The number of carbonyl (C=O) groups excluding carboxylic acids is 1. The minimum absolute atomic E-state index is 0.166. The molecule has 1 amide bonds. The summed E-state index contributed by atoms with van der Waals surface area (Å²) in [5, 5.41) is 8.20. The van der Waals surface area contributed by atoms with Crippen LogP contribution in [0.15, 0.2) is 82.6 Å². The van der Waals surface area contributed by atoms with Gasteiger partial charge in [0.2, 0.25) is 5.91 Å². The Morgan fingerprint density at radius 3 is 2.59 bits per heavy atom. The van der Waals surface area contributed by atoms with E-state index in [0.29, 0.717) is 10.9 Å². The molecule has 0 spiro atoms. The SMILES string of the molecule is COc1ccc(-c2csc(NC(=S)NC(=O)/C=C/c3ccc(-c4ccccc4)o3)n2)cc1. The number of hydrogen-bond acceptors (Lipinski definition) is 6. The molecule has 4 rings (SSSR count). The fourth-order valence-corrected chi connectivity index (χ4v) is 3.85. The predicted octanol–water partition coefficient (Wildman–Crippen LogP) is 5.61. The summed E-state index contributed by atoms with van der Waals surface area (Å²) in [6.45, 7) is 0. The zero-order chi connectivity index (χ0) is 22.3. The molecule has 6 nitrogen and oxygen atoms in total. The Hall–Kier alpha value is -3.75. The summed E-state index contributed by atoms with van der Waals surface area (Å²) < 4.78 is 10.9. The molecule has 0 saturated carbocycles. The first-order valence-corrected chi connectivity index (χ1v) is 10.9. The molecule has 2 N–H and O–H groups in total. The zero-order valence-corrected chi connectivity index (χ0v) is 18.7. The van der Waals surface area contributed by atoms with Crippen LogP contribution in [0.3, 0.4) is 0 Å². The molecule has 2 aromatic carbocycles. The van der Waals surface area contributed by atoms with Crippen LogP contribution in [-0.2, 0) is 4.79 Å². The second-order valence-electron chi connectivity index (χ2n) is 6.61. The van der Waals surface area contributed by atoms with Crippen molar-refractivity contribution < 1.29 is 13.9 Å². The number of aromatic nitrogens is 1. The highest BCUT2D eigenvalue weighted by molar-refractivity contribution is 7.80. The summed E-state index contributed by atoms with van der Waals surface area (Å²) >= 11 is 6.62. The van der Waals surface area contributed by atoms with Crippen molar-refractivity contribution in [3.63, 3.8) is 0 Å². The maximum absolute atomic E-state index is 12.2. The van der Waals surface area contributed by atoms with Crippen molar-refractivity contribution in [1.29, 1.82) is 0 Å². The van der Waals surface area contributed by atoms with E-state index in [-0.39, 0.29) is 11.0 Å². The smallest absolute Gasteiger partial charge is 0.250 e. The van der Waals surface area contributed by atoms with Gasteiger partial charge in [-0.15, -0.1) is 11.3 Å². The van der Waals surface area contributed by atoms with E-state index in [1.165, 1.54) is 17.4 Å². The molecule has 0 aliphatic rings. The third-order valence-corrected chi connectivity index (χ3v) is 5.39. The van der Waals surface area contributed by atoms with Crippen molar-refractivity contribution >= 4 is 45.8 Å². The first kappa shape index (κ1) is 21.5. The number of furan rings is 1. The number of amides is 1. The zero-order valence-electron chi connectivity index (χ0n) is 17.1. The van der Waals surface area contributed by atoms with Gasteiger partial charge in [-0.3, -0.25) is 10.1 Å². The second kappa shape index (κ2) is 10.0. The molecular weight excluding hydrogens is 442 g/mol. The highest BCUT2D eigenvalue weighted by Crippen LogP contribution is 2.26. The average molecular weight is 462 g/mol. The molecule has 4 aromatic rings. The molecule has 0 aliphatic heterocycles. The van der Waals surface area contributed by atoms with Gasteiger partial charge >= 0.3 is 0 Å². The maximum Gasteiger partial charge on any atom is 0.250 e. The van der Waals surface area contributed by atoms with Crippen molar-refractivity contribution in [2.75, 3.05) is 12.4 Å². The number of benzene rings is 2. The molecule has 32 heavy (non-hydrogen) atoms. The largest absolute Gasteiger partial charge is 0.497 e.